The Morgan fingerprint density at radius 3 is 2.33 bits per heavy atom. The molecule has 0 aromatic rings. The molecular formula is C31H51NO7. The molecule has 5 N–H and O–H groups in total. The molecule has 1 amide bonds. The van der Waals surface area contributed by atoms with Crippen molar-refractivity contribution in [1.82, 2.24) is 0 Å². The summed E-state index contributed by atoms with van der Waals surface area (Å²) in [6.07, 6.45) is 9.78. The first-order chi connectivity index (χ1) is 18.3. The zero-order valence-corrected chi connectivity index (χ0v) is 24.5. The molecule has 8 heteroatoms. The Morgan fingerprint density at radius 1 is 1.08 bits per heavy atom. The van der Waals surface area contributed by atoms with Crippen LogP contribution >= 0.6 is 0 Å². The van der Waals surface area contributed by atoms with E-state index in [9.17, 15) is 24.9 Å². The van der Waals surface area contributed by atoms with E-state index in [4.69, 9.17) is 15.2 Å². The number of aliphatic hydroxyl groups is 3. The van der Waals surface area contributed by atoms with Gasteiger partial charge < -0.3 is 30.5 Å². The van der Waals surface area contributed by atoms with Gasteiger partial charge in [0.15, 0.2) is 0 Å². The van der Waals surface area contributed by atoms with Crippen molar-refractivity contribution >= 4 is 12.1 Å². The SMILES string of the molecule is C=C/C=C\[C@H](C)C(OC(N)=O)C(C)C(O)C(C)C/C(C)=C\C(C)C(O)C(C)/C=C\C(O)C[C@H]1CCCC(=O)O1. The van der Waals surface area contributed by atoms with Crippen LogP contribution in [0.2, 0.25) is 0 Å². The van der Waals surface area contributed by atoms with Gasteiger partial charge in [-0.05, 0) is 32.1 Å². The quantitative estimate of drug-likeness (QED) is 0.123. The summed E-state index contributed by atoms with van der Waals surface area (Å²) in [4.78, 5) is 22.9. The van der Waals surface area contributed by atoms with Crippen molar-refractivity contribution in [1.29, 1.82) is 0 Å². The Balaban J connectivity index is 2.71. The van der Waals surface area contributed by atoms with Crippen LogP contribution in [0.1, 0.15) is 73.6 Å². The number of ether oxygens (including phenoxy) is 2. The Morgan fingerprint density at radius 2 is 1.74 bits per heavy atom. The van der Waals surface area contributed by atoms with E-state index in [0.29, 0.717) is 19.3 Å². The highest BCUT2D eigenvalue weighted by Crippen LogP contribution is 2.29. The van der Waals surface area contributed by atoms with Crippen LogP contribution in [0.25, 0.3) is 0 Å². The third-order valence-corrected chi connectivity index (χ3v) is 7.58. The second-order valence-electron chi connectivity index (χ2n) is 11.3. The van der Waals surface area contributed by atoms with Crippen molar-refractivity contribution in [2.45, 2.75) is 104 Å². The van der Waals surface area contributed by atoms with Crippen molar-refractivity contribution in [2.75, 3.05) is 0 Å². The molecule has 1 rings (SSSR count). The highest BCUT2D eigenvalue weighted by Gasteiger charge is 2.33. The number of amides is 1. The lowest BCUT2D eigenvalue weighted by Crippen LogP contribution is -2.41. The molecule has 0 aliphatic carbocycles. The summed E-state index contributed by atoms with van der Waals surface area (Å²) in [7, 11) is 0. The first-order valence-electron chi connectivity index (χ1n) is 14.1. The van der Waals surface area contributed by atoms with E-state index >= 15 is 0 Å². The van der Waals surface area contributed by atoms with Gasteiger partial charge in [-0.15, -0.1) is 0 Å². The molecule has 0 aromatic heterocycles. The second kappa shape index (κ2) is 17.3. The predicted octanol–water partition coefficient (Wildman–Crippen LogP) is 4.83. The van der Waals surface area contributed by atoms with Crippen LogP contribution in [0.4, 0.5) is 4.79 Å². The fourth-order valence-electron chi connectivity index (χ4n) is 5.34. The van der Waals surface area contributed by atoms with E-state index in [2.05, 4.69) is 6.58 Å². The van der Waals surface area contributed by atoms with E-state index in [1.807, 2.05) is 53.7 Å². The topological polar surface area (TPSA) is 139 Å². The van der Waals surface area contributed by atoms with E-state index < -0.39 is 30.5 Å². The number of esters is 1. The minimum Gasteiger partial charge on any atom is -0.462 e. The molecule has 1 aliphatic heterocycles. The Labute approximate surface area is 234 Å². The van der Waals surface area contributed by atoms with Crippen molar-refractivity contribution in [3.05, 3.63) is 48.6 Å². The van der Waals surface area contributed by atoms with Gasteiger partial charge >= 0.3 is 12.1 Å². The van der Waals surface area contributed by atoms with E-state index in [1.165, 1.54) is 0 Å². The summed E-state index contributed by atoms with van der Waals surface area (Å²) in [6.45, 7) is 15.1. The Hall–Kier alpha value is -2.42. The highest BCUT2D eigenvalue weighted by atomic mass is 16.6. The van der Waals surface area contributed by atoms with E-state index in [1.54, 1.807) is 24.3 Å². The average molecular weight is 550 g/mol. The number of carbonyl (C=O) groups excluding carboxylic acids is 2. The maximum absolute atomic E-state index is 11.5. The first kappa shape index (κ1) is 34.6. The summed E-state index contributed by atoms with van der Waals surface area (Å²) in [5.74, 6) is -1.22. The van der Waals surface area contributed by atoms with Crippen LogP contribution in [0.3, 0.4) is 0 Å². The largest absolute Gasteiger partial charge is 0.462 e. The lowest BCUT2D eigenvalue weighted by Gasteiger charge is -2.33. The molecule has 10 atom stereocenters. The number of carbonyl (C=O) groups is 2. The number of hydrogen-bond donors (Lipinski definition) is 4. The summed E-state index contributed by atoms with van der Waals surface area (Å²) < 4.78 is 10.6. The molecule has 1 aliphatic rings. The highest BCUT2D eigenvalue weighted by molar-refractivity contribution is 5.70. The second-order valence-corrected chi connectivity index (χ2v) is 11.3. The average Bonchev–Trinajstić information content (AvgIpc) is 2.87. The maximum Gasteiger partial charge on any atom is 0.404 e. The van der Waals surface area contributed by atoms with Crippen LogP contribution in [0.15, 0.2) is 48.6 Å². The van der Waals surface area contributed by atoms with Crippen molar-refractivity contribution < 1.29 is 34.4 Å². The Bertz CT molecular complexity index is 867. The van der Waals surface area contributed by atoms with E-state index in [-0.39, 0.29) is 41.7 Å². The van der Waals surface area contributed by atoms with Crippen LogP contribution in [0, 0.1) is 29.6 Å². The molecular weight excluding hydrogens is 498 g/mol. The molecule has 0 bridgehead atoms. The summed E-state index contributed by atoms with van der Waals surface area (Å²) >= 11 is 0. The fourth-order valence-corrected chi connectivity index (χ4v) is 5.34. The minimum absolute atomic E-state index is 0.128. The number of aliphatic hydroxyl groups excluding tert-OH is 3. The van der Waals surface area contributed by atoms with Gasteiger partial charge in [0.25, 0.3) is 0 Å². The van der Waals surface area contributed by atoms with Gasteiger partial charge in [0.05, 0.1) is 18.3 Å². The maximum atomic E-state index is 11.5. The molecule has 0 spiro atoms. The minimum atomic E-state index is -0.877. The zero-order chi connectivity index (χ0) is 29.7. The third kappa shape index (κ3) is 12.5. The number of hydrogen-bond acceptors (Lipinski definition) is 7. The first-order valence-corrected chi connectivity index (χ1v) is 14.1. The number of cyclic esters (lactones) is 1. The molecule has 8 nitrogen and oxygen atoms in total. The van der Waals surface area contributed by atoms with Gasteiger partial charge in [-0.25, -0.2) is 4.79 Å². The molecule has 0 aromatic carbocycles. The van der Waals surface area contributed by atoms with Crippen LogP contribution < -0.4 is 5.73 Å². The van der Waals surface area contributed by atoms with Gasteiger partial charge in [-0.1, -0.05) is 83.2 Å². The molecule has 222 valence electrons. The molecule has 39 heavy (non-hydrogen) atoms. The Kier molecular flexibility index (Phi) is 15.4. The fraction of sp³-hybridized carbons (Fsp3) is 0.677. The smallest absolute Gasteiger partial charge is 0.404 e. The van der Waals surface area contributed by atoms with Gasteiger partial charge in [0.2, 0.25) is 0 Å². The lowest BCUT2D eigenvalue weighted by molar-refractivity contribution is -0.154. The number of allylic oxidation sites excluding steroid dienone is 3. The molecule has 8 unspecified atom stereocenters. The van der Waals surface area contributed by atoms with Crippen LogP contribution in [-0.2, 0) is 14.3 Å². The van der Waals surface area contributed by atoms with Gasteiger partial charge in [0, 0.05) is 36.5 Å². The number of primary amides is 1. The number of rotatable bonds is 16. The van der Waals surface area contributed by atoms with Gasteiger partial charge in [-0.3, -0.25) is 4.79 Å². The summed E-state index contributed by atoms with van der Waals surface area (Å²) in [5, 5.41) is 32.2. The van der Waals surface area contributed by atoms with Crippen molar-refractivity contribution in [3.8, 4) is 0 Å². The molecule has 0 radical (unpaired) electrons. The molecule has 1 fully saturated rings. The molecule has 0 saturated carbocycles. The standard InChI is InChI=1S/C31H51NO7/c1-8-9-11-21(4)30(39-31(32)37)24(7)29(36)23(6)17-19(2)16-22(5)28(35)20(3)14-15-25(33)18-26-12-10-13-27(34)38-26/h8-9,11,14-16,20-26,28-30,33,35-36H,1,10,12-13,17-18H2,2-7H3,(H2,32,37)/b11-9-,15-14-,19-16-/t20?,21-,22?,23?,24?,25?,26+,28?,29?,30?/m0/s1. The van der Waals surface area contributed by atoms with Crippen molar-refractivity contribution in [3.63, 3.8) is 0 Å². The van der Waals surface area contributed by atoms with Gasteiger partial charge in [-0.2, -0.15) is 0 Å². The van der Waals surface area contributed by atoms with Crippen LogP contribution in [-0.4, -0.2) is 57.9 Å². The predicted molar refractivity (Wildman–Crippen MR) is 153 cm³/mol. The third-order valence-electron chi connectivity index (χ3n) is 7.58. The molecule has 1 heterocycles. The molecule has 1 saturated heterocycles. The van der Waals surface area contributed by atoms with Crippen molar-refractivity contribution in [2.24, 2.45) is 35.3 Å². The van der Waals surface area contributed by atoms with Crippen LogP contribution in [0.5, 0.6) is 0 Å². The number of nitrogens with two attached hydrogens (primary N) is 1. The zero-order valence-electron chi connectivity index (χ0n) is 24.5. The normalized spacial score (nSPS) is 23.8. The lowest BCUT2D eigenvalue weighted by atomic mass is 9.81. The monoisotopic (exact) mass is 549 g/mol. The summed E-state index contributed by atoms with van der Waals surface area (Å²) in [5.41, 5.74) is 6.32. The van der Waals surface area contributed by atoms with E-state index in [0.717, 1.165) is 18.4 Å². The van der Waals surface area contributed by atoms with Gasteiger partial charge in [0.1, 0.15) is 12.2 Å². The summed E-state index contributed by atoms with van der Waals surface area (Å²) in [6, 6.07) is 0.